The molecule has 23 heavy (non-hydrogen) atoms. The molecule has 0 aliphatic heterocycles. The van der Waals surface area contributed by atoms with Crippen LogP contribution >= 0.6 is 0 Å². The Labute approximate surface area is 141 Å². The minimum absolute atomic E-state index is 0.302. The van der Waals surface area contributed by atoms with Crippen LogP contribution in [0.15, 0.2) is 36.5 Å². The molecule has 0 saturated heterocycles. The lowest BCUT2D eigenvalue weighted by atomic mass is 10.1. The maximum absolute atomic E-state index is 10.3. The third-order valence-electron chi connectivity index (χ3n) is 3.61. The quantitative estimate of drug-likeness (QED) is 0.227. The van der Waals surface area contributed by atoms with Crippen LogP contribution in [-0.4, -0.2) is 22.8 Å². The Balaban J connectivity index is 3.30. The number of aliphatic hydroxyl groups is 1. The normalized spacial score (nSPS) is 12.0. The number of hydrogen-bond donors (Lipinski definition) is 2. The van der Waals surface area contributed by atoms with E-state index >= 15 is 0 Å². The van der Waals surface area contributed by atoms with Crippen LogP contribution in [0.3, 0.4) is 0 Å². The van der Waals surface area contributed by atoms with E-state index in [9.17, 15) is 4.79 Å². The maximum atomic E-state index is 10.3. The fourth-order valence-corrected chi connectivity index (χ4v) is 2.24. The minimum Gasteiger partial charge on any atom is -0.481 e. The first-order valence-electron chi connectivity index (χ1n) is 9.06. The Morgan fingerprint density at radius 3 is 2.00 bits per heavy atom. The highest BCUT2D eigenvalue weighted by Gasteiger charge is 1.95. The molecule has 0 aliphatic carbocycles. The smallest absolute Gasteiger partial charge is 0.303 e. The second-order valence-corrected chi connectivity index (χ2v) is 5.84. The molecule has 0 aliphatic rings. The second-order valence-electron chi connectivity index (χ2n) is 5.84. The van der Waals surface area contributed by atoms with Crippen LogP contribution < -0.4 is 0 Å². The number of carboxylic acid groups (broad SMARTS) is 1. The van der Waals surface area contributed by atoms with Crippen LogP contribution in [0, 0.1) is 0 Å². The zero-order valence-corrected chi connectivity index (χ0v) is 14.5. The first-order chi connectivity index (χ1) is 11.3. The summed E-state index contributed by atoms with van der Waals surface area (Å²) in [6.45, 7) is 0.316. The van der Waals surface area contributed by atoms with Gasteiger partial charge in [-0.2, -0.15) is 0 Å². The molecule has 132 valence electrons. The number of allylic oxidation sites excluding steroid dienone is 6. The van der Waals surface area contributed by atoms with E-state index in [0.29, 0.717) is 13.0 Å². The molecule has 0 rings (SSSR count). The summed E-state index contributed by atoms with van der Waals surface area (Å²) in [5.74, 6) is -0.688. The van der Waals surface area contributed by atoms with Gasteiger partial charge >= 0.3 is 5.97 Å². The number of hydrogen-bond acceptors (Lipinski definition) is 2. The van der Waals surface area contributed by atoms with Crippen molar-refractivity contribution < 1.29 is 15.0 Å². The highest BCUT2D eigenvalue weighted by molar-refractivity contribution is 5.66. The average Bonchev–Trinajstić information content (AvgIpc) is 2.53. The number of rotatable bonds is 16. The van der Waals surface area contributed by atoms with Crippen molar-refractivity contribution in [1.29, 1.82) is 0 Å². The van der Waals surface area contributed by atoms with Gasteiger partial charge in [0.15, 0.2) is 0 Å². The predicted octanol–water partition coefficient (Wildman–Crippen LogP) is 5.41. The van der Waals surface area contributed by atoms with Crippen molar-refractivity contribution in [2.75, 3.05) is 6.61 Å². The summed E-state index contributed by atoms with van der Waals surface area (Å²) in [7, 11) is 0. The molecular weight excluding hydrogens is 288 g/mol. The molecule has 0 amide bonds. The largest absolute Gasteiger partial charge is 0.481 e. The molecular formula is C20H34O3. The Morgan fingerprint density at radius 2 is 1.30 bits per heavy atom. The summed E-state index contributed by atoms with van der Waals surface area (Å²) in [5, 5.41) is 17.2. The van der Waals surface area contributed by atoms with Crippen molar-refractivity contribution in [3.8, 4) is 0 Å². The van der Waals surface area contributed by atoms with E-state index in [1.807, 2.05) is 0 Å². The maximum Gasteiger partial charge on any atom is 0.303 e. The van der Waals surface area contributed by atoms with E-state index in [2.05, 4.69) is 36.5 Å². The molecule has 0 saturated carbocycles. The SMILES string of the molecule is O=C(O)CCCCCC/C=C/C/C=C/C=C/CCCCCCO. The summed E-state index contributed by atoms with van der Waals surface area (Å²) in [5.41, 5.74) is 0. The monoisotopic (exact) mass is 322 g/mol. The summed E-state index contributed by atoms with van der Waals surface area (Å²) in [6.07, 6.45) is 25.0. The second kappa shape index (κ2) is 18.7. The average molecular weight is 322 g/mol. The number of aliphatic carboxylic acids is 1. The van der Waals surface area contributed by atoms with Crippen LogP contribution in [0.2, 0.25) is 0 Å². The lowest BCUT2D eigenvalue weighted by Crippen LogP contribution is -1.93. The van der Waals surface area contributed by atoms with E-state index in [-0.39, 0.29) is 0 Å². The highest BCUT2D eigenvalue weighted by atomic mass is 16.4. The molecule has 0 radical (unpaired) electrons. The van der Waals surface area contributed by atoms with Crippen molar-refractivity contribution in [1.82, 2.24) is 0 Å². The lowest BCUT2D eigenvalue weighted by Gasteiger charge is -1.96. The summed E-state index contributed by atoms with van der Waals surface area (Å²) in [6, 6.07) is 0. The number of carbonyl (C=O) groups is 1. The van der Waals surface area contributed by atoms with Gasteiger partial charge in [0.05, 0.1) is 0 Å². The van der Waals surface area contributed by atoms with Crippen molar-refractivity contribution in [3.63, 3.8) is 0 Å². The van der Waals surface area contributed by atoms with Gasteiger partial charge in [-0.3, -0.25) is 4.79 Å². The van der Waals surface area contributed by atoms with E-state index in [4.69, 9.17) is 10.2 Å². The molecule has 0 unspecified atom stereocenters. The minimum atomic E-state index is -0.688. The van der Waals surface area contributed by atoms with Gasteiger partial charge in [0.2, 0.25) is 0 Å². The van der Waals surface area contributed by atoms with Gasteiger partial charge in [0.25, 0.3) is 0 Å². The molecule has 0 fully saturated rings. The predicted molar refractivity (Wildman–Crippen MR) is 97.5 cm³/mol. The van der Waals surface area contributed by atoms with E-state index in [0.717, 1.165) is 57.8 Å². The Kier molecular flexibility index (Phi) is 17.6. The first kappa shape index (κ1) is 21.6. The van der Waals surface area contributed by atoms with Crippen molar-refractivity contribution in [2.45, 2.75) is 77.0 Å². The summed E-state index contributed by atoms with van der Waals surface area (Å²) in [4.78, 5) is 10.3. The van der Waals surface area contributed by atoms with Crippen molar-refractivity contribution in [2.24, 2.45) is 0 Å². The van der Waals surface area contributed by atoms with Gasteiger partial charge in [-0.15, -0.1) is 0 Å². The fourth-order valence-electron chi connectivity index (χ4n) is 2.24. The van der Waals surface area contributed by atoms with Gasteiger partial charge < -0.3 is 10.2 Å². The van der Waals surface area contributed by atoms with Gasteiger partial charge in [-0.05, 0) is 44.9 Å². The summed E-state index contributed by atoms with van der Waals surface area (Å²) < 4.78 is 0. The number of aliphatic hydroxyl groups excluding tert-OH is 1. The van der Waals surface area contributed by atoms with E-state index in [1.165, 1.54) is 12.8 Å². The highest BCUT2D eigenvalue weighted by Crippen LogP contribution is 2.06. The molecule has 0 aromatic carbocycles. The van der Waals surface area contributed by atoms with Gasteiger partial charge in [-0.25, -0.2) is 0 Å². The lowest BCUT2D eigenvalue weighted by molar-refractivity contribution is -0.137. The molecule has 2 N–H and O–H groups in total. The Bertz CT molecular complexity index is 343. The molecule has 0 bridgehead atoms. The van der Waals surface area contributed by atoms with Gasteiger partial charge in [0.1, 0.15) is 0 Å². The van der Waals surface area contributed by atoms with Crippen LogP contribution in [0.1, 0.15) is 77.0 Å². The molecule has 0 spiro atoms. The summed E-state index contributed by atoms with van der Waals surface area (Å²) >= 11 is 0. The Morgan fingerprint density at radius 1 is 0.696 bits per heavy atom. The van der Waals surface area contributed by atoms with Crippen molar-refractivity contribution >= 4 is 5.97 Å². The van der Waals surface area contributed by atoms with Crippen LogP contribution in [0.4, 0.5) is 0 Å². The van der Waals surface area contributed by atoms with Gasteiger partial charge in [-0.1, -0.05) is 62.1 Å². The van der Waals surface area contributed by atoms with Crippen LogP contribution in [0.5, 0.6) is 0 Å². The molecule has 0 heterocycles. The Hall–Kier alpha value is -1.35. The van der Waals surface area contributed by atoms with E-state index < -0.39 is 5.97 Å². The molecule has 3 nitrogen and oxygen atoms in total. The van der Waals surface area contributed by atoms with Crippen molar-refractivity contribution in [3.05, 3.63) is 36.5 Å². The molecule has 3 heteroatoms. The van der Waals surface area contributed by atoms with E-state index in [1.54, 1.807) is 0 Å². The van der Waals surface area contributed by atoms with Gasteiger partial charge in [0, 0.05) is 13.0 Å². The van der Waals surface area contributed by atoms with Crippen LogP contribution in [0.25, 0.3) is 0 Å². The number of unbranched alkanes of at least 4 members (excludes halogenated alkanes) is 8. The molecule has 0 aromatic rings. The third kappa shape index (κ3) is 20.6. The fraction of sp³-hybridized carbons (Fsp3) is 0.650. The first-order valence-corrected chi connectivity index (χ1v) is 9.06. The third-order valence-corrected chi connectivity index (χ3v) is 3.61. The zero-order valence-electron chi connectivity index (χ0n) is 14.5. The standard InChI is InChI=1S/C20H34O3/c21-19-17-15-13-11-9-7-5-3-1-2-4-6-8-10-12-14-16-18-20(22)23/h1,3-7,21H,2,8-19H2,(H,22,23)/b3-1+,6-4+,7-5+. The zero-order chi connectivity index (χ0) is 17.0. The molecule has 0 aromatic heterocycles. The molecule has 0 atom stereocenters. The number of carboxylic acids is 1. The topological polar surface area (TPSA) is 57.5 Å². The van der Waals surface area contributed by atoms with Crippen LogP contribution in [-0.2, 0) is 4.79 Å².